The molecular weight excluding hydrogens is 241 g/mol. The molecule has 0 unspecified atom stereocenters. The molecule has 0 amide bonds. The first-order valence-electron chi connectivity index (χ1n) is 5.12. The van der Waals surface area contributed by atoms with Crippen molar-refractivity contribution in [2.24, 2.45) is 7.05 Å². The van der Waals surface area contributed by atoms with Crippen molar-refractivity contribution in [1.82, 2.24) is 4.57 Å². The lowest BCUT2D eigenvalue weighted by atomic mass is 10.0. The van der Waals surface area contributed by atoms with Crippen LogP contribution in [0, 0.1) is 12.7 Å². The van der Waals surface area contributed by atoms with Crippen LogP contribution >= 0.6 is 11.6 Å². The Hall–Kier alpha value is -1.61. The largest absolute Gasteiger partial charge is 0.302 e. The molecular formula is C13H11ClFNO. The van der Waals surface area contributed by atoms with E-state index in [1.165, 1.54) is 16.7 Å². The van der Waals surface area contributed by atoms with Crippen LogP contribution in [0.2, 0.25) is 5.15 Å². The van der Waals surface area contributed by atoms with Gasteiger partial charge in [0.15, 0.2) is 0 Å². The summed E-state index contributed by atoms with van der Waals surface area (Å²) in [6, 6.07) is 7.89. The summed E-state index contributed by atoms with van der Waals surface area (Å²) in [5.74, 6) is -0.260. The molecule has 4 heteroatoms. The summed E-state index contributed by atoms with van der Waals surface area (Å²) in [5, 5.41) is 0.356. The number of hydrogen-bond donors (Lipinski definition) is 0. The van der Waals surface area contributed by atoms with Gasteiger partial charge in [0.1, 0.15) is 11.0 Å². The molecule has 2 nitrogen and oxygen atoms in total. The molecule has 0 N–H and O–H groups in total. The summed E-state index contributed by atoms with van der Waals surface area (Å²) in [5.41, 5.74) is 1.83. The second-order valence-electron chi connectivity index (χ2n) is 3.93. The Balaban J connectivity index is 2.61. The lowest BCUT2D eigenvalue weighted by Crippen LogP contribution is -2.15. The monoisotopic (exact) mass is 251 g/mol. The van der Waals surface area contributed by atoms with E-state index in [2.05, 4.69) is 0 Å². The Labute approximate surface area is 103 Å². The zero-order valence-corrected chi connectivity index (χ0v) is 10.3. The number of aromatic nitrogens is 1. The Kier molecular flexibility index (Phi) is 3.03. The topological polar surface area (TPSA) is 22.0 Å². The van der Waals surface area contributed by atoms with E-state index in [1.54, 1.807) is 32.2 Å². The van der Waals surface area contributed by atoms with Crippen molar-refractivity contribution >= 4 is 11.6 Å². The van der Waals surface area contributed by atoms with Crippen molar-refractivity contribution in [2.45, 2.75) is 6.92 Å². The van der Waals surface area contributed by atoms with E-state index in [0.29, 0.717) is 16.3 Å². The molecule has 0 saturated heterocycles. The number of pyridine rings is 1. The molecule has 0 fully saturated rings. The predicted molar refractivity (Wildman–Crippen MR) is 66.8 cm³/mol. The number of halogens is 2. The average molecular weight is 252 g/mol. The third kappa shape index (κ3) is 2.24. The molecule has 1 aromatic heterocycles. The maximum absolute atomic E-state index is 13.1. The third-order valence-electron chi connectivity index (χ3n) is 2.70. The van der Waals surface area contributed by atoms with Crippen molar-refractivity contribution in [3.05, 3.63) is 57.2 Å². The fourth-order valence-electron chi connectivity index (χ4n) is 1.59. The van der Waals surface area contributed by atoms with E-state index < -0.39 is 0 Å². The highest BCUT2D eigenvalue weighted by Gasteiger charge is 2.05. The van der Waals surface area contributed by atoms with E-state index in [0.717, 1.165) is 5.56 Å². The SMILES string of the molecule is Cc1cc(-c2cc(Cl)n(C)c(=O)c2)ccc1F. The summed E-state index contributed by atoms with van der Waals surface area (Å²) < 4.78 is 14.5. The van der Waals surface area contributed by atoms with E-state index in [4.69, 9.17) is 11.6 Å². The van der Waals surface area contributed by atoms with Gasteiger partial charge < -0.3 is 4.57 Å². The molecule has 0 spiro atoms. The minimum absolute atomic E-state index is 0.186. The fourth-order valence-corrected chi connectivity index (χ4v) is 1.79. The number of rotatable bonds is 1. The molecule has 88 valence electrons. The molecule has 0 atom stereocenters. The van der Waals surface area contributed by atoms with E-state index in [1.807, 2.05) is 0 Å². The van der Waals surface area contributed by atoms with Gasteiger partial charge in [-0.25, -0.2) is 4.39 Å². The minimum Gasteiger partial charge on any atom is -0.302 e. The van der Waals surface area contributed by atoms with Crippen molar-refractivity contribution in [2.75, 3.05) is 0 Å². The van der Waals surface area contributed by atoms with E-state index in [-0.39, 0.29) is 11.4 Å². The van der Waals surface area contributed by atoms with Crippen LogP contribution < -0.4 is 5.56 Å². The Morgan fingerprint density at radius 3 is 2.47 bits per heavy atom. The number of hydrogen-bond acceptors (Lipinski definition) is 1. The number of benzene rings is 1. The lowest BCUT2D eigenvalue weighted by molar-refractivity contribution is 0.619. The summed E-state index contributed by atoms with van der Waals surface area (Å²) in [6.45, 7) is 1.68. The lowest BCUT2D eigenvalue weighted by Gasteiger charge is -2.06. The molecule has 2 aromatic rings. The van der Waals surface area contributed by atoms with Gasteiger partial charge in [0.25, 0.3) is 5.56 Å². The van der Waals surface area contributed by atoms with Gasteiger partial charge in [0.05, 0.1) is 0 Å². The maximum Gasteiger partial charge on any atom is 0.252 e. The third-order valence-corrected chi connectivity index (χ3v) is 3.06. The van der Waals surface area contributed by atoms with Crippen LogP contribution in [-0.4, -0.2) is 4.57 Å². The maximum atomic E-state index is 13.1. The summed E-state index contributed by atoms with van der Waals surface area (Å²) in [4.78, 5) is 11.6. The van der Waals surface area contributed by atoms with Crippen LogP contribution in [-0.2, 0) is 7.05 Å². The van der Waals surface area contributed by atoms with Gasteiger partial charge >= 0.3 is 0 Å². The minimum atomic E-state index is -0.260. The highest BCUT2D eigenvalue weighted by atomic mass is 35.5. The van der Waals surface area contributed by atoms with Crippen LogP contribution in [0.25, 0.3) is 11.1 Å². The van der Waals surface area contributed by atoms with Gasteiger partial charge in [0, 0.05) is 13.1 Å². The Morgan fingerprint density at radius 1 is 1.18 bits per heavy atom. The van der Waals surface area contributed by atoms with Crippen LogP contribution in [0.4, 0.5) is 4.39 Å². The first-order valence-corrected chi connectivity index (χ1v) is 5.50. The van der Waals surface area contributed by atoms with E-state index >= 15 is 0 Å². The highest BCUT2D eigenvalue weighted by Crippen LogP contribution is 2.22. The van der Waals surface area contributed by atoms with Gasteiger partial charge in [-0.1, -0.05) is 17.7 Å². The molecule has 0 aliphatic heterocycles. The van der Waals surface area contributed by atoms with Gasteiger partial charge in [-0.2, -0.15) is 0 Å². The van der Waals surface area contributed by atoms with Crippen LogP contribution in [0.15, 0.2) is 35.1 Å². The molecule has 17 heavy (non-hydrogen) atoms. The van der Waals surface area contributed by atoms with Crippen molar-refractivity contribution in [3.8, 4) is 11.1 Å². The molecule has 0 saturated carbocycles. The van der Waals surface area contributed by atoms with Crippen LogP contribution in [0.5, 0.6) is 0 Å². The molecule has 0 bridgehead atoms. The normalized spacial score (nSPS) is 10.6. The number of nitrogens with zero attached hydrogens (tertiary/aromatic N) is 1. The summed E-state index contributed by atoms with van der Waals surface area (Å²) >= 11 is 5.93. The van der Waals surface area contributed by atoms with Gasteiger partial charge in [-0.3, -0.25) is 4.79 Å². The van der Waals surface area contributed by atoms with Crippen LogP contribution in [0.3, 0.4) is 0 Å². The second-order valence-corrected chi connectivity index (χ2v) is 4.32. The fraction of sp³-hybridized carbons (Fsp3) is 0.154. The van der Waals surface area contributed by atoms with E-state index in [9.17, 15) is 9.18 Å². The van der Waals surface area contributed by atoms with Crippen molar-refractivity contribution in [1.29, 1.82) is 0 Å². The van der Waals surface area contributed by atoms with Gasteiger partial charge in [0.2, 0.25) is 0 Å². The Bertz CT molecular complexity index is 634. The Morgan fingerprint density at radius 2 is 1.88 bits per heavy atom. The molecule has 1 aromatic carbocycles. The molecule has 0 radical (unpaired) electrons. The summed E-state index contributed by atoms with van der Waals surface area (Å²) in [6.07, 6.45) is 0. The second kappa shape index (κ2) is 4.34. The zero-order chi connectivity index (χ0) is 12.6. The first-order chi connectivity index (χ1) is 7.99. The standard InChI is InChI=1S/C13H11ClFNO/c1-8-5-9(3-4-11(8)15)10-6-12(14)16(2)13(17)7-10/h3-7H,1-2H3. The first kappa shape index (κ1) is 11.9. The molecule has 1 heterocycles. The zero-order valence-electron chi connectivity index (χ0n) is 9.50. The highest BCUT2D eigenvalue weighted by molar-refractivity contribution is 6.29. The van der Waals surface area contributed by atoms with Crippen LogP contribution in [0.1, 0.15) is 5.56 Å². The summed E-state index contributed by atoms with van der Waals surface area (Å²) in [7, 11) is 1.60. The van der Waals surface area contributed by atoms with Gasteiger partial charge in [-0.05, 0) is 41.8 Å². The molecule has 2 rings (SSSR count). The average Bonchev–Trinajstić information content (AvgIpc) is 2.29. The number of aryl methyl sites for hydroxylation is 1. The van der Waals surface area contributed by atoms with Crippen molar-refractivity contribution < 1.29 is 4.39 Å². The van der Waals surface area contributed by atoms with Gasteiger partial charge in [-0.15, -0.1) is 0 Å². The molecule has 0 aliphatic rings. The van der Waals surface area contributed by atoms with Crippen molar-refractivity contribution in [3.63, 3.8) is 0 Å². The predicted octanol–water partition coefficient (Wildman–Crippen LogP) is 3.15. The smallest absolute Gasteiger partial charge is 0.252 e. The quantitative estimate of drug-likeness (QED) is 0.714. The molecule has 0 aliphatic carbocycles.